The van der Waals surface area contributed by atoms with E-state index in [1.165, 1.54) is 0 Å². The van der Waals surface area contributed by atoms with Crippen molar-refractivity contribution in [1.29, 1.82) is 0 Å². The Kier molecular flexibility index (Phi) is 7.23. The number of hydrogen-bond donors (Lipinski definition) is 1. The van der Waals surface area contributed by atoms with Crippen molar-refractivity contribution in [3.05, 3.63) is 59.2 Å². The van der Waals surface area contributed by atoms with Crippen LogP contribution in [-0.4, -0.2) is 51.1 Å². The van der Waals surface area contributed by atoms with E-state index in [9.17, 15) is 9.50 Å². The molecule has 8 heteroatoms. The molecule has 5 nitrogen and oxygen atoms in total. The number of benzene rings is 2. The second-order valence-electron chi connectivity index (χ2n) is 7.43. The Morgan fingerprint density at radius 2 is 1.75 bits per heavy atom. The number of anilines is 2. The smallest absolute Gasteiger partial charge is 0.121 e. The van der Waals surface area contributed by atoms with E-state index in [-0.39, 0.29) is 12.0 Å². The molecule has 32 heavy (non-hydrogen) atoms. The van der Waals surface area contributed by atoms with Crippen LogP contribution in [0, 0.1) is 0 Å². The van der Waals surface area contributed by atoms with Gasteiger partial charge in [0.25, 0.3) is 0 Å². The molecule has 0 amide bonds. The summed E-state index contributed by atoms with van der Waals surface area (Å²) in [5.41, 5.74) is 3.12. The number of aliphatic hydroxyl groups is 1. The lowest BCUT2D eigenvalue weighted by atomic mass is 10.2. The first-order chi connectivity index (χ1) is 15.6. The van der Waals surface area contributed by atoms with E-state index >= 15 is 0 Å². The van der Waals surface area contributed by atoms with Crippen LogP contribution in [0.2, 0.25) is 0 Å². The van der Waals surface area contributed by atoms with Crippen LogP contribution < -0.4 is 19.3 Å². The number of alkyl halides is 1. The van der Waals surface area contributed by atoms with Crippen LogP contribution in [0.4, 0.5) is 15.8 Å². The lowest BCUT2D eigenvalue weighted by Crippen LogP contribution is -2.30. The van der Waals surface area contributed by atoms with Crippen LogP contribution in [0.1, 0.15) is 6.92 Å². The maximum absolute atomic E-state index is 13.4. The molecule has 2 aromatic carbocycles. The van der Waals surface area contributed by atoms with E-state index in [0.29, 0.717) is 13.1 Å². The molecule has 1 unspecified atom stereocenters. The summed E-state index contributed by atoms with van der Waals surface area (Å²) in [5.74, 6) is 1.56. The van der Waals surface area contributed by atoms with Gasteiger partial charge >= 0.3 is 0 Å². The lowest BCUT2D eigenvalue weighted by molar-refractivity contribution is 0.305. The minimum absolute atomic E-state index is 0.00451. The van der Waals surface area contributed by atoms with Crippen LogP contribution in [-0.2, 0) is 0 Å². The standard InChI is InChI=1S/C24H27FN2O3S2/c1-16(12-23-26(9-8-25)19-14-17(29-2)4-6-21(19)31-23)13-24-27(10-11-28)20-15-18(30-3)5-7-22(20)32-24/h4-7,12-15,23,28H,8-11H2,1-3H3/b16-12+,24-13-. The molecule has 4 rings (SSSR count). The van der Waals surface area contributed by atoms with Crippen molar-refractivity contribution in [3.63, 3.8) is 0 Å². The maximum Gasteiger partial charge on any atom is 0.121 e. The van der Waals surface area contributed by atoms with Crippen molar-refractivity contribution >= 4 is 34.9 Å². The summed E-state index contributed by atoms with van der Waals surface area (Å²) in [6.45, 7) is 2.53. The molecule has 0 radical (unpaired) electrons. The molecule has 0 aliphatic carbocycles. The molecule has 0 bridgehead atoms. The molecule has 0 fully saturated rings. The fourth-order valence-corrected chi connectivity index (χ4v) is 6.37. The van der Waals surface area contributed by atoms with Gasteiger partial charge in [-0.3, -0.25) is 0 Å². The van der Waals surface area contributed by atoms with Crippen molar-refractivity contribution in [2.45, 2.75) is 22.1 Å². The molecule has 0 spiro atoms. The summed E-state index contributed by atoms with van der Waals surface area (Å²) >= 11 is 3.39. The second kappa shape index (κ2) is 10.1. The number of thioether (sulfide) groups is 2. The Bertz CT molecular complexity index is 1040. The highest BCUT2D eigenvalue weighted by molar-refractivity contribution is 8.03. The molecule has 170 valence electrons. The number of nitrogens with zero attached hydrogens (tertiary/aromatic N) is 2. The van der Waals surface area contributed by atoms with Crippen molar-refractivity contribution in [1.82, 2.24) is 0 Å². The van der Waals surface area contributed by atoms with Gasteiger partial charge in [-0.05, 0) is 48.9 Å². The summed E-state index contributed by atoms with van der Waals surface area (Å²) in [4.78, 5) is 6.45. The third-order valence-corrected chi connectivity index (χ3v) is 7.72. The number of allylic oxidation sites excluding steroid dienone is 2. The summed E-state index contributed by atoms with van der Waals surface area (Å²) in [5, 5.41) is 10.7. The minimum atomic E-state index is -0.418. The van der Waals surface area contributed by atoms with Gasteiger partial charge in [0.1, 0.15) is 18.2 Å². The largest absolute Gasteiger partial charge is 0.497 e. The van der Waals surface area contributed by atoms with Crippen LogP contribution in [0.25, 0.3) is 0 Å². The Morgan fingerprint density at radius 3 is 2.41 bits per heavy atom. The van der Waals surface area contributed by atoms with E-state index < -0.39 is 6.67 Å². The highest BCUT2D eigenvalue weighted by atomic mass is 32.2. The number of fused-ring (bicyclic) bond motifs is 2. The summed E-state index contributed by atoms with van der Waals surface area (Å²) in [7, 11) is 3.29. The van der Waals surface area contributed by atoms with Crippen LogP contribution >= 0.6 is 23.5 Å². The zero-order valence-electron chi connectivity index (χ0n) is 18.4. The molecule has 1 atom stereocenters. The Balaban J connectivity index is 1.60. The van der Waals surface area contributed by atoms with Gasteiger partial charge < -0.3 is 24.4 Å². The Hall–Kier alpha value is -2.29. The summed E-state index contributed by atoms with van der Waals surface area (Å²) < 4.78 is 24.1. The third-order valence-electron chi connectivity index (χ3n) is 5.37. The number of ether oxygens (including phenoxy) is 2. The molecule has 0 saturated heterocycles. The Morgan fingerprint density at radius 1 is 1.06 bits per heavy atom. The highest BCUT2D eigenvalue weighted by Crippen LogP contribution is 2.48. The molecular weight excluding hydrogens is 447 g/mol. The topological polar surface area (TPSA) is 45.2 Å². The van der Waals surface area contributed by atoms with Crippen LogP contribution in [0.3, 0.4) is 0 Å². The van der Waals surface area contributed by atoms with Gasteiger partial charge in [0, 0.05) is 35.0 Å². The molecule has 2 aliphatic heterocycles. The first kappa shape index (κ1) is 22.9. The predicted octanol–water partition coefficient (Wildman–Crippen LogP) is 5.30. The van der Waals surface area contributed by atoms with Gasteiger partial charge in [-0.2, -0.15) is 0 Å². The normalized spacial score (nSPS) is 18.8. The first-order valence-corrected chi connectivity index (χ1v) is 12.1. The lowest BCUT2D eigenvalue weighted by Gasteiger charge is -2.24. The molecular formula is C24H27FN2O3S2. The molecule has 0 saturated carbocycles. The van der Waals surface area contributed by atoms with E-state index in [4.69, 9.17) is 9.47 Å². The van der Waals surface area contributed by atoms with E-state index in [0.717, 1.165) is 43.3 Å². The molecule has 2 aromatic rings. The molecule has 2 heterocycles. The monoisotopic (exact) mass is 474 g/mol. The number of rotatable bonds is 8. The number of β-amino-alcohol motifs (C(OH)–C–C–N with tert-alkyl or cyclic N) is 1. The molecule has 1 N–H and O–H groups in total. The third kappa shape index (κ3) is 4.58. The van der Waals surface area contributed by atoms with Crippen LogP contribution in [0.5, 0.6) is 11.5 Å². The zero-order chi connectivity index (χ0) is 22.7. The molecule has 0 aromatic heterocycles. The van der Waals surface area contributed by atoms with Gasteiger partial charge in [-0.15, -0.1) is 0 Å². The SMILES string of the molecule is COc1ccc2c(c1)N(CCO)/C(=C/C(C)=C/C1Sc3ccc(OC)cc3N1CCF)S2. The van der Waals surface area contributed by atoms with Crippen molar-refractivity contribution in [3.8, 4) is 11.5 Å². The van der Waals surface area contributed by atoms with Crippen LogP contribution in [0.15, 0.2) is 68.9 Å². The van der Waals surface area contributed by atoms with Gasteiger partial charge in [0.15, 0.2) is 0 Å². The number of hydrogen-bond acceptors (Lipinski definition) is 7. The van der Waals surface area contributed by atoms with E-state index in [1.54, 1.807) is 37.7 Å². The minimum Gasteiger partial charge on any atom is -0.497 e. The second-order valence-corrected chi connectivity index (χ2v) is 9.65. The Labute approximate surface area is 196 Å². The fraction of sp³-hybridized carbons (Fsp3) is 0.333. The predicted molar refractivity (Wildman–Crippen MR) is 131 cm³/mol. The van der Waals surface area contributed by atoms with E-state index in [1.807, 2.05) is 36.4 Å². The van der Waals surface area contributed by atoms with Crippen molar-refractivity contribution in [2.24, 2.45) is 0 Å². The van der Waals surface area contributed by atoms with Crippen molar-refractivity contribution in [2.75, 3.05) is 50.4 Å². The van der Waals surface area contributed by atoms with Crippen molar-refractivity contribution < 1.29 is 19.0 Å². The number of methoxy groups -OCH3 is 2. The fourth-order valence-electron chi connectivity index (χ4n) is 3.86. The number of halogens is 1. The average Bonchev–Trinajstić information content (AvgIpc) is 3.31. The zero-order valence-corrected chi connectivity index (χ0v) is 20.0. The average molecular weight is 475 g/mol. The first-order valence-electron chi connectivity index (χ1n) is 10.4. The van der Waals surface area contributed by atoms with E-state index in [2.05, 4.69) is 28.9 Å². The van der Waals surface area contributed by atoms with Gasteiger partial charge in [0.05, 0.1) is 42.6 Å². The van der Waals surface area contributed by atoms with Gasteiger partial charge in [-0.1, -0.05) is 23.5 Å². The van der Waals surface area contributed by atoms with Gasteiger partial charge in [-0.25, -0.2) is 4.39 Å². The summed E-state index contributed by atoms with van der Waals surface area (Å²) in [6, 6.07) is 11.9. The maximum atomic E-state index is 13.4. The number of aliphatic hydroxyl groups excluding tert-OH is 1. The highest BCUT2D eigenvalue weighted by Gasteiger charge is 2.29. The summed E-state index contributed by atoms with van der Waals surface area (Å²) in [6.07, 6.45) is 4.30. The van der Waals surface area contributed by atoms with Gasteiger partial charge in [0.2, 0.25) is 0 Å². The quantitative estimate of drug-likeness (QED) is 0.557. The molecule has 2 aliphatic rings.